The van der Waals surface area contributed by atoms with Crippen LogP contribution >= 0.6 is 0 Å². The lowest BCUT2D eigenvalue weighted by molar-refractivity contribution is -0.151. The lowest BCUT2D eigenvalue weighted by Gasteiger charge is -2.02. The Morgan fingerprint density at radius 3 is 2.11 bits per heavy atom. The van der Waals surface area contributed by atoms with Gasteiger partial charge in [-0.3, -0.25) is 0 Å². The number of halogens is 3. The van der Waals surface area contributed by atoms with Gasteiger partial charge in [0, 0.05) is 0 Å². The van der Waals surface area contributed by atoms with E-state index in [-0.39, 0.29) is 5.92 Å². The van der Waals surface area contributed by atoms with Gasteiger partial charge < -0.3 is 0 Å². The van der Waals surface area contributed by atoms with Crippen molar-refractivity contribution in [2.75, 3.05) is 0 Å². The van der Waals surface area contributed by atoms with Gasteiger partial charge in [-0.15, -0.1) is 0 Å². The molecule has 0 amide bonds. The van der Waals surface area contributed by atoms with E-state index in [1.165, 1.54) is 0 Å². The zero-order valence-electron chi connectivity index (χ0n) is 5.20. The van der Waals surface area contributed by atoms with Gasteiger partial charge in [0.2, 0.25) is 0 Å². The third kappa shape index (κ3) is 1.37. The average molecular weight is 138 g/mol. The van der Waals surface area contributed by atoms with Crippen molar-refractivity contribution in [1.82, 2.24) is 0 Å². The van der Waals surface area contributed by atoms with Gasteiger partial charge in [0.05, 0.1) is 5.92 Å². The number of rotatable bonds is 1. The summed E-state index contributed by atoms with van der Waals surface area (Å²) < 4.78 is 35.0. The summed E-state index contributed by atoms with van der Waals surface area (Å²) in [7, 11) is 0. The van der Waals surface area contributed by atoms with Crippen LogP contribution in [0.3, 0.4) is 0 Å². The van der Waals surface area contributed by atoms with Gasteiger partial charge in [0.25, 0.3) is 0 Å². The number of alkyl halides is 3. The molecule has 9 heavy (non-hydrogen) atoms. The maximum Gasteiger partial charge on any atom is 0.392 e. The van der Waals surface area contributed by atoms with Crippen LogP contribution in [-0.4, -0.2) is 6.18 Å². The van der Waals surface area contributed by atoms with Crippen LogP contribution in [0.1, 0.15) is 19.8 Å². The van der Waals surface area contributed by atoms with E-state index in [1.54, 1.807) is 6.92 Å². The molecule has 54 valence electrons. The Balaban J connectivity index is 2.33. The van der Waals surface area contributed by atoms with Gasteiger partial charge in [-0.2, -0.15) is 13.2 Å². The fourth-order valence-electron chi connectivity index (χ4n) is 1.10. The molecule has 3 heteroatoms. The van der Waals surface area contributed by atoms with Crippen molar-refractivity contribution < 1.29 is 13.2 Å². The van der Waals surface area contributed by atoms with Crippen LogP contribution in [0.5, 0.6) is 0 Å². The van der Waals surface area contributed by atoms with Gasteiger partial charge >= 0.3 is 6.18 Å². The largest absolute Gasteiger partial charge is 0.392 e. The first-order chi connectivity index (χ1) is 4.05. The fourth-order valence-corrected chi connectivity index (χ4v) is 1.10. The average Bonchev–Trinajstić information content (AvgIpc) is 2.39. The summed E-state index contributed by atoms with van der Waals surface area (Å²) in [5, 5.41) is 0. The second kappa shape index (κ2) is 1.89. The third-order valence-corrected chi connectivity index (χ3v) is 1.87. The van der Waals surface area contributed by atoms with Crippen molar-refractivity contribution in [2.24, 2.45) is 11.8 Å². The minimum atomic E-state index is -3.92. The summed E-state index contributed by atoms with van der Waals surface area (Å²) in [6, 6.07) is 0. The Hall–Kier alpha value is -0.210. The lowest BCUT2D eigenvalue weighted by atomic mass is 10.2. The van der Waals surface area contributed by atoms with Crippen molar-refractivity contribution in [3.05, 3.63) is 0 Å². The second-order valence-electron chi connectivity index (χ2n) is 2.55. The molecule has 1 aliphatic carbocycles. The number of hydrogen-bond donors (Lipinski definition) is 0. The highest BCUT2D eigenvalue weighted by atomic mass is 19.4. The first-order valence-electron chi connectivity index (χ1n) is 3.12. The molecule has 2 atom stereocenters. The van der Waals surface area contributed by atoms with Gasteiger partial charge in [-0.1, -0.05) is 13.3 Å². The van der Waals surface area contributed by atoms with E-state index in [2.05, 4.69) is 0 Å². The van der Waals surface area contributed by atoms with E-state index < -0.39 is 12.1 Å². The molecule has 0 aromatic carbocycles. The van der Waals surface area contributed by atoms with E-state index in [9.17, 15) is 13.2 Å². The van der Waals surface area contributed by atoms with E-state index in [4.69, 9.17) is 0 Å². The van der Waals surface area contributed by atoms with E-state index >= 15 is 0 Å². The maximum absolute atomic E-state index is 11.7. The summed E-state index contributed by atoms with van der Waals surface area (Å²) in [5.74, 6) is -1.03. The van der Waals surface area contributed by atoms with Crippen LogP contribution in [-0.2, 0) is 0 Å². The molecule has 0 aromatic heterocycles. The molecule has 2 unspecified atom stereocenters. The topological polar surface area (TPSA) is 0 Å². The first-order valence-corrected chi connectivity index (χ1v) is 3.12. The van der Waals surface area contributed by atoms with Crippen molar-refractivity contribution in [3.63, 3.8) is 0 Å². The highest BCUT2D eigenvalue weighted by Gasteiger charge is 2.54. The third-order valence-electron chi connectivity index (χ3n) is 1.87. The first kappa shape index (κ1) is 6.90. The summed E-state index contributed by atoms with van der Waals surface area (Å²) in [6.45, 7) is 1.80. The van der Waals surface area contributed by atoms with Crippen molar-refractivity contribution in [2.45, 2.75) is 25.9 Å². The van der Waals surface area contributed by atoms with Crippen LogP contribution in [0.4, 0.5) is 13.2 Å². The molecule has 0 nitrogen and oxygen atoms in total. The Kier molecular flexibility index (Phi) is 1.45. The predicted molar refractivity (Wildman–Crippen MR) is 27.9 cm³/mol. The molecule has 0 heterocycles. The smallest absolute Gasteiger partial charge is 0.171 e. The minimum Gasteiger partial charge on any atom is -0.171 e. The van der Waals surface area contributed by atoms with Crippen LogP contribution in [0.2, 0.25) is 0 Å². The molecular weight excluding hydrogens is 129 g/mol. The second-order valence-corrected chi connectivity index (χ2v) is 2.55. The zero-order chi connectivity index (χ0) is 7.07. The van der Waals surface area contributed by atoms with Crippen molar-refractivity contribution in [3.8, 4) is 0 Å². The maximum atomic E-state index is 11.7. The minimum absolute atomic E-state index is 0.0648. The van der Waals surface area contributed by atoms with Gasteiger partial charge in [-0.05, 0) is 12.3 Å². The van der Waals surface area contributed by atoms with Crippen LogP contribution in [0, 0.1) is 11.8 Å². The van der Waals surface area contributed by atoms with Gasteiger partial charge in [0.1, 0.15) is 0 Å². The van der Waals surface area contributed by atoms with Crippen LogP contribution in [0.15, 0.2) is 0 Å². The fraction of sp³-hybridized carbons (Fsp3) is 1.00. The van der Waals surface area contributed by atoms with Crippen LogP contribution in [0.25, 0.3) is 0 Å². The SMILES string of the molecule is CCC1CC1C(F)(F)F. The monoisotopic (exact) mass is 138 g/mol. The molecular formula is C6H9F3. The molecule has 0 spiro atoms. The Bertz CT molecular complexity index is 105. The van der Waals surface area contributed by atoms with Gasteiger partial charge in [0.15, 0.2) is 0 Å². The Labute approximate surface area is 52.1 Å². The summed E-state index contributed by atoms with van der Waals surface area (Å²) >= 11 is 0. The molecule has 1 rings (SSSR count). The molecule has 0 bridgehead atoms. The number of hydrogen-bond acceptors (Lipinski definition) is 0. The molecule has 1 aliphatic rings. The van der Waals surface area contributed by atoms with Crippen molar-refractivity contribution >= 4 is 0 Å². The van der Waals surface area contributed by atoms with E-state index in [1.807, 2.05) is 0 Å². The van der Waals surface area contributed by atoms with Gasteiger partial charge in [-0.25, -0.2) is 0 Å². The standard InChI is InChI=1S/C6H9F3/c1-2-4-3-5(4)6(7,8)9/h4-5H,2-3H2,1H3. The molecule has 0 aliphatic heterocycles. The highest BCUT2D eigenvalue weighted by molar-refractivity contribution is 4.90. The van der Waals surface area contributed by atoms with Crippen LogP contribution < -0.4 is 0 Å². The van der Waals surface area contributed by atoms with E-state index in [0.717, 1.165) is 0 Å². The normalized spacial score (nSPS) is 34.7. The molecule has 0 N–H and O–H groups in total. The zero-order valence-corrected chi connectivity index (χ0v) is 5.20. The highest BCUT2D eigenvalue weighted by Crippen LogP contribution is 2.51. The Morgan fingerprint density at radius 1 is 1.44 bits per heavy atom. The lowest BCUT2D eigenvalue weighted by Crippen LogP contribution is -2.11. The molecule has 1 fully saturated rings. The Morgan fingerprint density at radius 2 is 2.00 bits per heavy atom. The van der Waals surface area contributed by atoms with E-state index in [0.29, 0.717) is 12.8 Å². The molecule has 0 radical (unpaired) electrons. The predicted octanol–water partition coefficient (Wildman–Crippen LogP) is 2.59. The molecule has 1 saturated carbocycles. The summed E-state index contributed by atoms with van der Waals surface area (Å²) in [4.78, 5) is 0. The van der Waals surface area contributed by atoms with Crippen molar-refractivity contribution in [1.29, 1.82) is 0 Å². The quantitative estimate of drug-likeness (QED) is 0.522. The molecule has 0 saturated heterocycles. The molecule has 0 aromatic rings. The summed E-state index contributed by atoms with van der Waals surface area (Å²) in [6.07, 6.45) is -2.88. The summed E-state index contributed by atoms with van der Waals surface area (Å²) in [5.41, 5.74) is 0.